The Kier molecular flexibility index (Phi) is 5.55. The molecule has 0 N–H and O–H groups in total. The van der Waals surface area contributed by atoms with Gasteiger partial charge >= 0.3 is 5.97 Å². The number of rotatable bonds is 7. The van der Waals surface area contributed by atoms with Gasteiger partial charge in [0.1, 0.15) is 13.0 Å². The minimum atomic E-state index is -0.469. The number of hydrogen-bond acceptors (Lipinski definition) is 4. The molecule has 0 aliphatic heterocycles. The normalized spacial score (nSPS) is 10.4. The topological polar surface area (TPSA) is 61.2 Å². The lowest BCUT2D eigenvalue weighted by Crippen LogP contribution is -2.18. The van der Waals surface area contributed by atoms with Gasteiger partial charge in [0.2, 0.25) is 0 Å². The number of Topliss-reactive ketones (excluding diaryl/α,β-unsaturated/α-hetero) is 1. The summed E-state index contributed by atoms with van der Waals surface area (Å²) < 4.78 is 6.42. The van der Waals surface area contributed by atoms with Crippen molar-refractivity contribution in [3.63, 3.8) is 0 Å². The van der Waals surface area contributed by atoms with E-state index in [4.69, 9.17) is 4.74 Å². The van der Waals surface area contributed by atoms with Crippen LogP contribution in [0.25, 0.3) is 0 Å². The molecule has 0 saturated heterocycles. The number of ether oxygens (including phenoxy) is 1. The van der Waals surface area contributed by atoms with Crippen LogP contribution >= 0.6 is 0 Å². The number of aryl methyl sites for hydroxylation is 2. The molecule has 0 saturated carbocycles. The minimum Gasteiger partial charge on any atom is -0.466 e. The zero-order chi connectivity index (χ0) is 13.5. The first kappa shape index (κ1) is 14.4. The second kappa shape index (κ2) is 6.93. The SMILES string of the molecule is CCOC(=O)CC(=O)Cn1nc(CC)cc1CC. The number of esters is 1. The van der Waals surface area contributed by atoms with Crippen LogP contribution in [-0.2, 0) is 33.7 Å². The van der Waals surface area contributed by atoms with Crippen molar-refractivity contribution in [1.29, 1.82) is 0 Å². The second-order valence-corrected chi connectivity index (χ2v) is 4.01. The molecule has 1 aromatic heterocycles. The molecular formula is C13H20N2O3. The quantitative estimate of drug-likeness (QED) is 0.545. The van der Waals surface area contributed by atoms with Crippen molar-refractivity contribution in [1.82, 2.24) is 9.78 Å². The number of nitrogens with zero attached hydrogens (tertiary/aromatic N) is 2. The third-order valence-corrected chi connectivity index (χ3v) is 2.61. The van der Waals surface area contributed by atoms with E-state index >= 15 is 0 Å². The van der Waals surface area contributed by atoms with Crippen LogP contribution < -0.4 is 0 Å². The molecule has 1 rings (SSSR count). The molecule has 0 radical (unpaired) electrons. The Morgan fingerprint density at radius 2 is 2.00 bits per heavy atom. The molecular weight excluding hydrogens is 232 g/mol. The molecule has 0 aliphatic rings. The predicted molar refractivity (Wildman–Crippen MR) is 67.2 cm³/mol. The molecule has 18 heavy (non-hydrogen) atoms. The highest BCUT2D eigenvalue weighted by Crippen LogP contribution is 2.07. The summed E-state index contributed by atoms with van der Waals surface area (Å²) in [6.45, 7) is 6.20. The zero-order valence-electron chi connectivity index (χ0n) is 11.2. The van der Waals surface area contributed by atoms with E-state index in [2.05, 4.69) is 5.10 Å². The number of carbonyl (C=O) groups excluding carboxylic acids is 2. The van der Waals surface area contributed by atoms with Gasteiger partial charge in [-0.15, -0.1) is 0 Å². The van der Waals surface area contributed by atoms with Crippen molar-refractivity contribution >= 4 is 11.8 Å². The van der Waals surface area contributed by atoms with Gasteiger partial charge in [0.15, 0.2) is 5.78 Å². The molecule has 0 aromatic carbocycles. The lowest BCUT2D eigenvalue weighted by molar-refractivity contribution is -0.145. The van der Waals surface area contributed by atoms with E-state index in [0.29, 0.717) is 6.61 Å². The number of aromatic nitrogens is 2. The zero-order valence-corrected chi connectivity index (χ0v) is 11.2. The Balaban J connectivity index is 2.63. The summed E-state index contributed by atoms with van der Waals surface area (Å²) in [5.74, 6) is -0.641. The molecule has 0 aliphatic carbocycles. The van der Waals surface area contributed by atoms with Crippen molar-refractivity contribution < 1.29 is 14.3 Å². The van der Waals surface area contributed by atoms with Crippen molar-refractivity contribution in [3.8, 4) is 0 Å². The van der Waals surface area contributed by atoms with Crippen LogP contribution in [0.15, 0.2) is 6.07 Å². The maximum atomic E-state index is 11.7. The van der Waals surface area contributed by atoms with Crippen molar-refractivity contribution in [3.05, 3.63) is 17.5 Å². The van der Waals surface area contributed by atoms with Gasteiger partial charge in [-0.25, -0.2) is 0 Å². The second-order valence-electron chi connectivity index (χ2n) is 4.01. The van der Waals surface area contributed by atoms with Crippen molar-refractivity contribution in [2.24, 2.45) is 0 Å². The average Bonchev–Trinajstić information content (AvgIpc) is 2.71. The maximum Gasteiger partial charge on any atom is 0.313 e. The van der Waals surface area contributed by atoms with Gasteiger partial charge in [-0.1, -0.05) is 13.8 Å². The van der Waals surface area contributed by atoms with Gasteiger partial charge in [-0.05, 0) is 25.8 Å². The van der Waals surface area contributed by atoms with Gasteiger partial charge in [-0.2, -0.15) is 5.10 Å². The van der Waals surface area contributed by atoms with E-state index in [1.54, 1.807) is 11.6 Å². The summed E-state index contributed by atoms with van der Waals surface area (Å²) in [6, 6.07) is 2.00. The van der Waals surface area contributed by atoms with Crippen LogP contribution in [0.2, 0.25) is 0 Å². The van der Waals surface area contributed by atoms with Gasteiger partial charge in [0.25, 0.3) is 0 Å². The van der Waals surface area contributed by atoms with Gasteiger partial charge in [-0.3, -0.25) is 14.3 Å². The largest absolute Gasteiger partial charge is 0.466 e. The van der Waals surface area contributed by atoms with E-state index in [0.717, 1.165) is 24.2 Å². The molecule has 5 heteroatoms. The Bertz CT molecular complexity index is 424. The highest BCUT2D eigenvalue weighted by molar-refractivity contribution is 5.95. The first-order valence-corrected chi connectivity index (χ1v) is 6.33. The van der Waals surface area contributed by atoms with Crippen LogP contribution in [0.1, 0.15) is 38.6 Å². The first-order chi connectivity index (χ1) is 8.60. The highest BCUT2D eigenvalue weighted by Gasteiger charge is 2.13. The fourth-order valence-corrected chi connectivity index (χ4v) is 1.71. The maximum absolute atomic E-state index is 11.7. The number of hydrogen-bond donors (Lipinski definition) is 0. The van der Waals surface area contributed by atoms with Crippen LogP contribution in [0, 0.1) is 0 Å². The Hall–Kier alpha value is -1.65. The number of carbonyl (C=O) groups is 2. The van der Waals surface area contributed by atoms with Gasteiger partial charge in [0.05, 0.1) is 12.3 Å². The Labute approximate surface area is 107 Å². The van der Waals surface area contributed by atoms with Crippen LogP contribution in [0.4, 0.5) is 0 Å². The highest BCUT2D eigenvalue weighted by atomic mass is 16.5. The minimum absolute atomic E-state index is 0.141. The lowest BCUT2D eigenvalue weighted by Gasteiger charge is -2.05. The summed E-state index contributed by atoms with van der Waals surface area (Å²) in [5.41, 5.74) is 1.99. The molecule has 0 amide bonds. The van der Waals surface area contributed by atoms with Gasteiger partial charge < -0.3 is 4.74 Å². The molecule has 1 heterocycles. The molecule has 1 aromatic rings. The van der Waals surface area contributed by atoms with E-state index in [1.807, 2.05) is 19.9 Å². The van der Waals surface area contributed by atoms with E-state index in [-0.39, 0.29) is 18.7 Å². The fraction of sp³-hybridized carbons (Fsp3) is 0.615. The average molecular weight is 252 g/mol. The third kappa shape index (κ3) is 3.98. The summed E-state index contributed by atoms with van der Waals surface area (Å²) in [7, 11) is 0. The van der Waals surface area contributed by atoms with Crippen LogP contribution in [0.5, 0.6) is 0 Å². The van der Waals surface area contributed by atoms with E-state index in [1.165, 1.54) is 0 Å². The smallest absolute Gasteiger partial charge is 0.313 e. The Morgan fingerprint density at radius 1 is 1.28 bits per heavy atom. The van der Waals surface area contributed by atoms with Gasteiger partial charge in [0, 0.05) is 5.69 Å². The van der Waals surface area contributed by atoms with E-state index in [9.17, 15) is 9.59 Å². The summed E-state index contributed by atoms with van der Waals surface area (Å²) >= 11 is 0. The molecule has 5 nitrogen and oxygen atoms in total. The summed E-state index contributed by atoms with van der Waals surface area (Å²) in [6.07, 6.45) is 1.48. The lowest BCUT2D eigenvalue weighted by atomic mass is 10.2. The first-order valence-electron chi connectivity index (χ1n) is 6.33. The molecule has 0 atom stereocenters. The van der Waals surface area contributed by atoms with Crippen molar-refractivity contribution in [2.75, 3.05) is 6.61 Å². The standard InChI is InChI=1S/C13H20N2O3/c1-4-10-7-11(5-2)15(14-10)9-12(16)8-13(17)18-6-3/h7H,4-6,8-9H2,1-3H3. The summed E-state index contributed by atoms with van der Waals surface area (Å²) in [4.78, 5) is 22.9. The monoisotopic (exact) mass is 252 g/mol. The molecule has 0 spiro atoms. The Morgan fingerprint density at radius 3 is 2.56 bits per heavy atom. The third-order valence-electron chi connectivity index (χ3n) is 2.61. The van der Waals surface area contributed by atoms with Crippen LogP contribution in [-0.4, -0.2) is 28.1 Å². The molecule has 100 valence electrons. The van der Waals surface area contributed by atoms with E-state index < -0.39 is 5.97 Å². The van der Waals surface area contributed by atoms with Crippen LogP contribution in [0.3, 0.4) is 0 Å². The summed E-state index contributed by atoms with van der Waals surface area (Å²) in [5, 5.41) is 4.34. The molecule has 0 fully saturated rings. The fourth-order valence-electron chi connectivity index (χ4n) is 1.71. The molecule has 0 bridgehead atoms. The predicted octanol–water partition coefficient (Wildman–Crippen LogP) is 1.53. The van der Waals surface area contributed by atoms with Crippen molar-refractivity contribution in [2.45, 2.75) is 46.6 Å². The molecule has 0 unspecified atom stereocenters. The number of ketones is 1.